The van der Waals surface area contributed by atoms with Gasteiger partial charge in [-0.25, -0.2) is 0 Å². The Balaban J connectivity index is 1.77. The van der Waals surface area contributed by atoms with Crippen molar-refractivity contribution in [3.8, 4) is 0 Å². The van der Waals surface area contributed by atoms with Gasteiger partial charge in [0.05, 0.1) is 5.54 Å². The van der Waals surface area contributed by atoms with E-state index in [4.69, 9.17) is 5.73 Å². The Kier molecular flexibility index (Phi) is 3.59. The fourth-order valence-electron chi connectivity index (χ4n) is 4.67. The van der Waals surface area contributed by atoms with Crippen LogP contribution in [0.4, 0.5) is 0 Å². The van der Waals surface area contributed by atoms with Crippen LogP contribution in [0.2, 0.25) is 0 Å². The molecule has 2 aliphatic carbocycles. The molecular formula is C16H28N2O. The molecule has 1 aliphatic heterocycles. The lowest BCUT2D eigenvalue weighted by Crippen LogP contribution is -2.60. The van der Waals surface area contributed by atoms with Gasteiger partial charge < -0.3 is 10.6 Å². The number of piperidine rings is 1. The molecule has 2 saturated carbocycles. The highest BCUT2D eigenvalue weighted by Gasteiger charge is 2.46. The molecule has 3 fully saturated rings. The molecule has 0 aromatic carbocycles. The number of nitrogens with zero attached hydrogens (tertiary/aromatic N) is 1. The van der Waals surface area contributed by atoms with E-state index < -0.39 is 5.54 Å². The predicted octanol–water partition coefficient (Wildman–Crippen LogP) is 2.69. The molecule has 3 unspecified atom stereocenters. The van der Waals surface area contributed by atoms with Crippen LogP contribution >= 0.6 is 0 Å². The van der Waals surface area contributed by atoms with Gasteiger partial charge in [0.2, 0.25) is 5.91 Å². The molecule has 0 aromatic rings. The van der Waals surface area contributed by atoms with E-state index in [0.29, 0.717) is 6.04 Å². The number of nitrogens with two attached hydrogens (primary N) is 1. The van der Waals surface area contributed by atoms with E-state index in [-0.39, 0.29) is 5.91 Å². The summed E-state index contributed by atoms with van der Waals surface area (Å²) >= 11 is 0. The van der Waals surface area contributed by atoms with E-state index in [1.807, 2.05) is 0 Å². The highest BCUT2D eigenvalue weighted by atomic mass is 16.2. The Morgan fingerprint density at radius 2 is 1.79 bits per heavy atom. The zero-order chi connectivity index (χ0) is 13.5. The van der Waals surface area contributed by atoms with Crippen LogP contribution in [0.25, 0.3) is 0 Å². The van der Waals surface area contributed by atoms with E-state index >= 15 is 0 Å². The minimum Gasteiger partial charge on any atom is -0.338 e. The van der Waals surface area contributed by atoms with Gasteiger partial charge in [0.1, 0.15) is 0 Å². The van der Waals surface area contributed by atoms with E-state index in [2.05, 4.69) is 11.8 Å². The maximum atomic E-state index is 12.9. The largest absolute Gasteiger partial charge is 0.338 e. The summed E-state index contributed by atoms with van der Waals surface area (Å²) in [7, 11) is 0. The number of hydrogen-bond acceptors (Lipinski definition) is 2. The molecule has 0 aromatic heterocycles. The van der Waals surface area contributed by atoms with Crippen LogP contribution < -0.4 is 5.73 Å². The topological polar surface area (TPSA) is 46.3 Å². The first-order valence-electron chi connectivity index (χ1n) is 8.22. The number of fused-ring (bicyclic) bond motifs is 1. The van der Waals surface area contributed by atoms with Gasteiger partial charge in [-0.1, -0.05) is 32.6 Å². The van der Waals surface area contributed by atoms with Gasteiger partial charge >= 0.3 is 0 Å². The van der Waals surface area contributed by atoms with Crippen LogP contribution in [-0.4, -0.2) is 28.9 Å². The molecule has 3 rings (SSSR count). The Morgan fingerprint density at radius 1 is 1.11 bits per heavy atom. The van der Waals surface area contributed by atoms with Crippen molar-refractivity contribution < 1.29 is 4.79 Å². The smallest absolute Gasteiger partial charge is 0.242 e. The third-order valence-corrected chi connectivity index (χ3v) is 5.92. The van der Waals surface area contributed by atoms with Crippen molar-refractivity contribution in [2.45, 2.75) is 76.3 Å². The number of carbonyl (C=O) groups excluding carboxylic acids is 1. The Hall–Kier alpha value is -0.570. The van der Waals surface area contributed by atoms with Crippen LogP contribution in [0.5, 0.6) is 0 Å². The lowest BCUT2D eigenvalue weighted by Gasteiger charge is -2.49. The number of carbonyl (C=O) groups is 1. The normalized spacial score (nSPS) is 38.0. The van der Waals surface area contributed by atoms with E-state index in [0.717, 1.165) is 44.1 Å². The summed E-state index contributed by atoms with van der Waals surface area (Å²) in [5.74, 6) is 1.79. The molecule has 0 bridgehead atoms. The van der Waals surface area contributed by atoms with Gasteiger partial charge in [-0.15, -0.1) is 0 Å². The first-order valence-corrected chi connectivity index (χ1v) is 8.22. The molecule has 2 N–H and O–H groups in total. The molecule has 3 heteroatoms. The van der Waals surface area contributed by atoms with E-state index in [9.17, 15) is 4.79 Å². The highest BCUT2D eigenvalue weighted by Crippen LogP contribution is 2.40. The maximum absolute atomic E-state index is 12.9. The first kappa shape index (κ1) is 13.4. The van der Waals surface area contributed by atoms with Crippen molar-refractivity contribution >= 4 is 5.91 Å². The van der Waals surface area contributed by atoms with Gasteiger partial charge in [-0.3, -0.25) is 4.79 Å². The second-order valence-electron chi connectivity index (χ2n) is 7.14. The summed E-state index contributed by atoms with van der Waals surface area (Å²) < 4.78 is 0. The van der Waals surface area contributed by atoms with E-state index in [1.165, 1.54) is 32.1 Å². The van der Waals surface area contributed by atoms with Crippen molar-refractivity contribution in [1.29, 1.82) is 0 Å². The minimum atomic E-state index is -0.525. The van der Waals surface area contributed by atoms with Crippen LogP contribution in [0.15, 0.2) is 0 Å². The summed E-state index contributed by atoms with van der Waals surface area (Å²) in [6.07, 6.45) is 10.4. The Bertz CT molecular complexity index is 349. The maximum Gasteiger partial charge on any atom is 0.242 e. The molecule has 1 amide bonds. The predicted molar refractivity (Wildman–Crippen MR) is 76.6 cm³/mol. The second kappa shape index (κ2) is 5.08. The van der Waals surface area contributed by atoms with Crippen molar-refractivity contribution in [2.24, 2.45) is 17.6 Å². The zero-order valence-corrected chi connectivity index (χ0v) is 12.2. The molecule has 19 heavy (non-hydrogen) atoms. The lowest BCUT2D eigenvalue weighted by atomic mass is 9.72. The van der Waals surface area contributed by atoms with E-state index in [1.54, 1.807) is 0 Å². The van der Waals surface area contributed by atoms with Crippen LogP contribution in [-0.2, 0) is 4.79 Å². The van der Waals surface area contributed by atoms with Gasteiger partial charge in [0.15, 0.2) is 0 Å². The van der Waals surface area contributed by atoms with Crippen molar-refractivity contribution in [1.82, 2.24) is 4.90 Å². The van der Waals surface area contributed by atoms with Crippen LogP contribution in [0, 0.1) is 11.8 Å². The third kappa shape index (κ3) is 2.31. The molecule has 3 nitrogen and oxygen atoms in total. The van der Waals surface area contributed by atoms with Gasteiger partial charge in [-0.05, 0) is 43.9 Å². The fraction of sp³-hybridized carbons (Fsp3) is 0.938. The fourth-order valence-corrected chi connectivity index (χ4v) is 4.67. The molecule has 3 aliphatic rings. The summed E-state index contributed by atoms with van der Waals surface area (Å²) in [5.41, 5.74) is 5.87. The zero-order valence-electron chi connectivity index (χ0n) is 12.2. The Labute approximate surface area is 116 Å². The quantitative estimate of drug-likeness (QED) is 0.791. The average molecular weight is 264 g/mol. The monoisotopic (exact) mass is 264 g/mol. The molecule has 108 valence electrons. The molecule has 0 radical (unpaired) electrons. The van der Waals surface area contributed by atoms with Gasteiger partial charge in [-0.2, -0.15) is 0 Å². The van der Waals surface area contributed by atoms with Crippen molar-refractivity contribution in [2.75, 3.05) is 6.54 Å². The Morgan fingerprint density at radius 3 is 2.53 bits per heavy atom. The molecule has 0 spiro atoms. The van der Waals surface area contributed by atoms with Crippen LogP contribution in [0.1, 0.15) is 64.7 Å². The highest BCUT2D eigenvalue weighted by molar-refractivity contribution is 5.86. The first-order chi connectivity index (χ1) is 9.12. The summed E-state index contributed by atoms with van der Waals surface area (Å²) in [6.45, 7) is 3.32. The molecule has 3 atom stereocenters. The standard InChI is InChI=1S/C16H28N2O/c1-12-8-11-18(14-7-3-2-6-13(12)14)15(19)16(17)9-4-5-10-16/h12-14H,2-11,17H2,1H3. The van der Waals surface area contributed by atoms with Crippen LogP contribution in [0.3, 0.4) is 0 Å². The number of likely N-dealkylation sites (tertiary alicyclic amines) is 1. The third-order valence-electron chi connectivity index (χ3n) is 5.92. The summed E-state index contributed by atoms with van der Waals surface area (Å²) in [4.78, 5) is 15.1. The van der Waals surface area contributed by atoms with Gasteiger partial charge in [0, 0.05) is 12.6 Å². The average Bonchev–Trinajstić information content (AvgIpc) is 2.87. The van der Waals surface area contributed by atoms with Crippen molar-refractivity contribution in [3.63, 3.8) is 0 Å². The number of rotatable bonds is 1. The molecular weight excluding hydrogens is 236 g/mol. The SMILES string of the molecule is CC1CCN(C(=O)C2(N)CCCC2)C2CCCCC12. The molecule has 1 heterocycles. The summed E-state index contributed by atoms with van der Waals surface area (Å²) in [5, 5.41) is 0. The van der Waals surface area contributed by atoms with Gasteiger partial charge in [0.25, 0.3) is 0 Å². The number of amides is 1. The van der Waals surface area contributed by atoms with Crippen molar-refractivity contribution in [3.05, 3.63) is 0 Å². The summed E-state index contributed by atoms with van der Waals surface area (Å²) in [6, 6.07) is 0.492. The molecule has 1 saturated heterocycles. The lowest BCUT2D eigenvalue weighted by molar-refractivity contribution is -0.144. The minimum absolute atomic E-state index is 0.272. The second-order valence-corrected chi connectivity index (χ2v) is 7.14. The number of hydrogen-bond donors (Lipinski definition) is 1.